The maximum Gasteiger partial charge on any atom is 0.269 e. The molecule has 0 unspecified atom stereocenters. The van der Waals surface area contributed by atoms with Gasteiger partial charge in [-0.15, -0.1) is 0 Å². The Bertz CT molecular complexity index is 988. The summed E-state index contributed by atoms with van der Waals surface area (Å²) in [6.07, 6.45) is 0.754. The standard InChI is InChI=1S/C17H14N4O4S/c22-16(6-2-10-1-5-14-15(7-10)25-9-24-14)18-19-17(23)11-3-4-12-13(8-11)21-26-20-12/h1,3-5,7-8H,2,6,9H2,(H,18,22)(H,19,23). The molecule has 2 aromatic carbocycles. The number of hydrogen-bond acceptors (Lipinski definition) is 7. The molecule has 26 heavy (non-hydrogen) atoms. The van der Waals surface area contributed by atoms with Crippen molar-refractivity contribution in [1.82, 2.24) is 19.6 Å². The summed E-state index contributed by atoms with van der Waals surface area (Å²) < 4.78 is 18.7. The van der Waals surface area contributed by atoms with Crippen molar-refractivity contribution in [3.05, 3.63) is 47.5 Å². The van der Waals surface area contributed by atoms with Crippen LogP contribution in [0.2, 0.25) is 0 Å². The van der Waals surface area contributed by atoms with Crippen molar-refractivity contribution in [1.29, 1.82) is 0 Å². The molecule has 0 spiro atoms. The van der Waals surface area contributed by atoms with Gasteiger partial charge in [0.15, 0.2) is 11.5 Å². The van der Waals surface area contributed by atoms with E-state index in [4.69, 9.17) is 9.47 Å². The maximum absolute atomic E-state index is 12.1. The Morgan fingerprint density at radius 3 is 2.77 bits per heavy atom. The lowest BCUT2D eigenvalue weighted by Gasteiger charge is -2.08. The number of fused-ring (bicyclic) bond motifs is 2. The zero-order chi connectivity index (χ0) is 17.9. The molecule has 9 heteroatoms. The van der Waals surface area contributed by atoms with E-state index < -0.39 is 5.91 Å². The molecule has 3 aromatic rings. The van der Waals surface area contributed by atoms with Gasteiger partial charge in [-0.25, -0.2) is 0 Å². The highest BCUT2D eigenvalue weighted by Gasteiger charge is 2.14. The van der Waals surface area contributed by atoms with E-state index in [0.29, 0.717) is 29.0 Å². The van der Waals surface area contributed by atoms with Crippen LogP contribution in [0.1, 0.15) is 22.3 Å². The van der Waals surface area contributed by atoms with E-state index in [1.165, 1.54) is 0 Å². The molecule has 2 N–H and O–H groups in total. The summed E-state index contributed by atoms with van der Waals surface area (Å²) in [5, 5.41) is 0. The van der Waals surface area contributed by atoms with Crippen LogP contribution in [0.25, 0.3) is 11.0 Å². The molecule has 0 saturated carbocycles. The number of aryl methyl sites for hydroxylation is 1. The zero-order valence-corrected chi connectivity index (χ0v) is 14.3. The molecule has 0 atom stereocenters. The molecule has 2 amide bonds. The number of nitrogens with one attached hydrogen (secondary N) is 2. The first-order valence-electron chi connectivity index (χ1n) is 7.89. The topological polar surface area (TPSA) is 102 Å². The van der Waals surface area contributed by atoms with Gasteiger partial charge in [0.2, 0.25) is 12.7 Å². The summed E-state index contributed by atoms with van der Waals surface area (Å²) in [4.78, 5) is 24.1. The number of nitrogens with zero attached hydrogens (tertiary/aromatic N) is 2. The van der Waals surface area contributed by atoms with Crippen LogP contribution in [0.15, 0.2) is 36.4 Å². The van der Waals surface area contributed by atoms with Crippen molar-refractivity contribution in [2.45, 2.75) is 12.8 Å². The molecule has 0 bridgehead atoms. The molecular formula is C17H14N4O4S. The number of carbonyl (C=O) groups is 2. The Kier molecular flexibility index (Phi) is 4.36. The minimum atomic E-state index is -0.406. The molecule has 1 aliphatic heterocycles. The Morgan fingerprint density at radius 1 is 1.00 bits per heavy atom. The highest BCUT2D eigenvalue weighted by Crippen LogP contribution is 2.32. The van der Waals surface area contributed by atoms with E-state index in [1.54, 1.807) is 18.2 Å². The van der Waals surface area contributed by atoms with Gasteiger partial charge in [-0.3, -0.25) is 20.4 Å². The third kappa shape index (κ3) is 3.42. The van der Waals surface area contributed by atoms with Crippen LogP contribution < -0.4 is 20.3 Å². The monoisotopic (exact) mass is 370 g/mol. The van der Waals surface area contributed by atoms with E-state index in [1.807, 2.05) is 18.2 Å². The van der Waals surface area contributed by atoms with Gasteiger partial charge in [0.25, 0.3) is 5.91 Å². The van der Waals surface area contributed by atoms with Crippen molar-refractivity contribution in [3.8, 4) is 11.5 Å². The van der Waals surface area contributed by atoms with Gasteiger partial charge in [0.1, 0.15) is 11.0 Å². The number of hydrazine groups is 1. The highest BCUT2D eigenvalue weighted by atomic mass is 32.1. The molecule has 132 valence electrons. The number of carbonyl (C=O) groups excluding carboxylic acids is 2. The van der Waals surface area contributed by atoms with Gasteiger partial charge in [0.05, 0.1) is 11.7 Å². The average molecular weight is 370 g/mol. The Hall–Kier alpha value is -3.20. The smallest absolute Gasteiger partial charge is 0.269 e. The second-order valence-electron chi connectivity index (χ2n) is 5.66. The number of ether oxygens (including phenoxy) is 2. The number of benzene rings is 2. The molecule has 0 radical (unpaired) electrons. The van der Waals surface area contributed by atoms with Crippen molar-refractivity contribution in [2.75, 3.05) is 6.79 Å². The normalized spacial score (nSPS) is 12.2. The van der Waals surface area contributed by atoms with Gasteiger partial charge in [0, 0.05) is 12.0 Å². The highest BCUT2D eigenvalue weighted by molar-refractivity contribution is 7.00. The lowest BCUT2D eigenvalue weighted by atomic mass is 10.1. The molecule has 4 rings (SSSR count). The fourth-order valence-corrected chi connectivity index (χ4v) is 3.06. The Labute approximate surface area is 152 Å². The maximum atomic E-state index is 12.1. The van der Waals surface area contributed by atoms with Gasteiger partial charge in [-0.1, -0.05) is 6.07 Å². The van der Waals surface area contributed by atoms with Gasteiger partial charge >= 0.3 is 0 Å². The van der Waals surface area contributed by atoms with Crippen LogP contribution in [0, 0.1) is 0 Å². The molecule has 1 aromatic heterocycles. The van der Waals surface area contributed by atoms with Gasteiger partial charge in [-0.2, -0.15) is 8.75 Å². The second kappa shape index (κ2) is 6.96. The fourth-order valence-electron chi connectivity index (χ4n) is 2.54. The number of amides is 2. The van der Waals surface area contributed by atoms with Crippen LogP contribution in [0.5, 0.6) is 11.5 Å². The molecular weight excluding hydrogens is 356 g/mol. The van der Waals surface area contributed by atoms with Crippen molar-refractivity contribution in [3.63, 3.8) is 0 Å². The van der Waals surface area contributed by atoms with Gasteiger partial charge < -0.3 is 9.47 Å². The molecule has 8 nitrogen and oxygen atoms in total. The lowest BCUT2D eigenvalue weighted by molar-refractivity contribution is -0.121. The largest absolute Gasteiger partial charge is 0.454 e. The SMILES string of the molecule is O=C(CCc1ccc2c(c1)OCO2)NNC(=O)c1ccc2nsnc2c1. The predicted molar refractivity (Wildman–Crippen MR) is 93.9 cm³/mol. The minimum Gasteiger partial charge on any atom is -0.454 e. The van der Waals surface area contributed by atoms with E-state index in [0.717, 1.165) is 22.8 Å². The first-order valence-corrected chi connectivity index (χ1v) is 8.62. The van der Waals surface area contributed by atoms with Crippen molar-refractivity contribution < 1.29 is 19.1 Å². The average Bonchev–Trinajstić information content (AvgIpc) is 3.32. The van der Waals surface area contributed by atoms with E-state index >= 15 is 0 Å². The van der Waals surface area contributed by atoms with Crippen LogP contribution >= 0.6 is 11.7 Å². The summed E-state index contributed by atoms with van der Waals surface area (Å²) in [6, 6.07) is 10.5. The second-order valence-corrected chi connectivity index (χ2v) is 6.19. The zero-order valence-electron chi connectivity index (χ0n) is 13.5. The number of rotatable bonds is 4. The molecule has 0 saturated heterocycles. The molecule has 0 aliphatic carbocycles. The summed E-state index contributed by atoms with van der Waals surface area (Å²) in [5.41, 5.74) is 7.57. The first-order chi connectivity index (χ1) is 12.7. The Balaban J connectivity index is 1.28. The molecule has 2 heterocycles. The van der Waals surface area contributed by atoms with Crippen molar-refractivity contribution in [2.24, 2.45) is 0 Å². The number of aromatic nitrogens is 2. The summed E-state index contributed by atoms with van der Waals surface area (Å²) in [6.45, 7) is 0.216. The predicted octanol–water partition coefficient (Wildman–Crippen LogP) is 1.81. The number of hydrogen-bond donors (Lipinski definition) is 2. The fraction of sp³-hybridized carbons (Fsp3) is 0.176. The van der Waals surface area contributed by atoms with Gasteiger partial charge in [-0.05, 0) is 42.3 Å². The van der Waals surface area contributed by atoms with Crippen LogP contribution in [0.4, 0.5) is 0 Å². The third-order valence-corrected chi connectivity index (χ3v) is 4.47. The third-order valence-electron chi connectivity index (χ3n) is 3.91. The van der Waals surface area contributed by atoms with Crippen LogP contribution in [0.3, 0.4) is 0 Å². The van der Waals surface area contributed by atoms with Crippen LogP contribution in [-0.2, 0) is 11.2 Å². The minimum absolute atomic E-state index is 0.216. The van der Waals surface area contributed by atoms with Crippen molar-refractivity contribution >= 4 is 34.6 Å². The van der Waals surface area contributed by atoms with Crippen LogP contribution in [-0.4, -0.2) is 27.4 Å². The molecule has 0 fully saturated rings. The summed E-state index contributed by atoms with van der Waals surface area (Å²) in [5.74, 6) is 0.699. The molecule has 1 aliphatic rings. The van der Waals surface area contributed by atoms with E-state index in [2.05, 4.69) is 19.6 Å². The lowest BCUT2D eigenvalue weighted by Crippen LogP contribution is -2.41. The quantitative estimate of drug-likeness (QED) is 0.679. The van der Waals surface area contributed by atoms with E-state index in [9.17, 15) is 9.59 Å². The Morgan fingerprint density at radius 2 is 1.85 bits per heavy atom. The summed E-state index contributed by atoms with van der Waals surface area (Å²) >= 11 is 1.09. The summed E-state index contributed by atoms with van der Waals surface area (Å²) in [7, 11) is 0. The first kappa shape index (κ1) is 16.3. The van der Waals surface area contributed by atoms with E-state index in [-0.39, 0.29) is 19.1 Å².